The molecule has 0 amide bonds. The summed E-state index contributed by atoms with van der Waals surface area (Å²) in [4.78, 5) is 12.4. The quantitative estimate of drug-likeness (QED) is 0.208. The van der Waals surface area contributed by atoms with Crippen molar-refractivity contribution in [1.82, 2.24) is 9.97 Å². The smallest absolute Gasteiger partial charge is 0.0972 e. The van der Waals surface area contributed by atoms with Gasteiger partial charge in [0.25, 0.3) is 0 Å². The van der Waals surface area contributed by atoms with E-state index < -0.39 is 0 Å². The Hall–Kier alpha value is -5.12. The summed E-state index contributed by atoms with van der Waals surface area (Å²) in [6.45, 7) is 0. The Kier molecular flexibility index (Phi) is 5.68. The minimum atomic E-state index is 0.937. The van der Waals surface area contributed by atoms with E-state index in [9.17, 15) is 0 Å². The van der Waals surface area contributed by atoms with Crippen LogP contribution in [0.2, 0.25) is 0 Å². The maximum absolute atomic E-state index is 5.15. The fourth-order valence-corrected chi connectivity index (χ4v) is 6.75. The molecule has 0 saturated heterocycles. The minimum Gasteiger partial charge on any atom is -0.254 e. The Morgan fingerprint density at radius 1 is 0.439 bits per heavy atom. The molecular weight excluding hydrogens is 516 g/mol. The van der Waals surface area contributed by atoms with Crippen LogP contribution in [0.3, 0.4) is 0 Å². The molecule has 0 radical (unpaired) electrons. The number of thiophene rings is 1. The second-order valence-electron chi connectivity index (χ2n) is 10.2. The summed E-state index contributed by atoms with van der Waals surface area (Å²) >= 11 is 1.83. The van der Waals surface area contributed by atoms with Gasteiger partial charge in [0.2, 0.25) is 0 Å². The molecule has 41 heavy (non-hydrogen) atoms. The van der Waals surface area contributed by atoms with E-state index in [0.717, 1.165) is 33.1 Å². The molecule has 0 N–H and O–H groups in total. The lowest BCUT2D eigenvalue weighted by Crippen LogP contribution is -1.91. The van der Waals surface area contributed by atoms with Crippen molar-refractivity contribution in [2.45, 2.75) is 0 Å². The molecule has 2 nitrogen and oxygen atoms in total. The van der Waals surface area contributed by atoms with Crippen LogP contribution in [-0.4, -0.2) is 9.97 Å². The van der Waals surface area contributed by atoms with E-state index in [1.54, 1.807) is 0 Å². The van der Waals surface area contributed by atoms with Crippen LogP contribution < -0.4 is 0 Å². The summed E-state index contributed by atoms with van der Waals surface area (Å²) in [7, 11) is 0. The highest BCUT2D eigenvalue weighted by Crippen LogP contribution is 2.39. The number of pyridine rings is 2. The second-order valence-corrected chi connectivity index (χ2v) is 11.3. The van der Waals surface area contributed by atoms with Crippen LogP contribution in [0, 0.1) is 0 Å². The Morgan fingerprint density at radius 2 is 1.10 bits per heavy atom. The second kappa shape index (κ2) is 9.81. The number of benzene rings is 5. The van der Waals surface area contributed by atoms with Crippen molar-refractivity contribution in [3.8, 4) is 43.3 Å². The average molecular weight is 541 g/mol. The third-order valence-corrected chi connectivity index (χ3v) is 8.94. The lowest BCUT2D eigenvalue weighted by molar-refractivity contribution is 1.37. The normalized spacial score (nSPS) is 11.4. The summed E-state index contributed by atoms with van der Waals surface area (Å²) < 4.78 is 0. The number of hydrogen-bond donors (Lipinski definition) is 0. The van der Waals surface area contributed by atoms with Crippen molar-refractivity contribution in [3.63, 3.8) is 0 Å². The standard InChI is InChI=1S/C38H24N2S/c1-2-8-25(9-3-1)35-21-22-36(41-35)29-11-6-10-28(24-29)30-18-19-33(32-14-5-4-13-31(30)32)34-20-17-27-16-15-26-12-7-23-39-37(26)38(27)40-34/h1-24H. The predicted molar refractivity (Wildman–Crippen MR) is 174 cm³/mol. The highest BCUT2D eigenvalue weighted by Gasteiger charge is 2.13. The molecule has 8 rings (SSSR count). The van der Waals surface area contributed by atoms with E-state index >= 15 is 0 Å². The molecule has 3 heteroatoms. The van der Waals surface area contributed by atoms with Gasteiger partial charge in [-0.25, -0.2) is 4.98 Å². The van der Waals surface area contributed by atoms with E-state index in [4.69, 9.17) is 4.98 Å². The zero-order chi connectivity index (χ0) is 27.2. The Balaban J connectivity index is 1.23. The molecule has 0 bridgehead atoms. The first-order valence-electron chi connectivity index (χ1n) is 13.7. The first-order valence-corrected chi connectivity index (χ1v) is 14.6. The van der Waals surface area contributed by atoms with Gasteiger partial charge in [-0.3, -0.25) is 4.98 Å². The minimum absolute atomic E-state index is 0.937. The van der Waals surface area contributed by atoms with Gasteiger partial charge in [-0.1, -0.05) is 109 Å². The summed E-state index contributed by atoms with van der Waals surface area (Å²) in [5.74, 6) is 0. The topological polar surface area (TPSA) is 25.8 Å². The molecule has 0 spiro atoms. The molecule has 0 atom stereocenters. The molecule has 0 fully saturated rings. The molecular formula is C38H24N2S. The van der Waals surface area contributed by atoms with Crippen LogP contribution in [0.1, 0.15) is 0 Å². The predicted octanol–water partition coefficient (Wildman–Crippen LogP) is 10.7. The first-order chi connectivity index (χ1) is 20.3. The maximum atomic E-state index is 5.15. The fourth-order valence-electron chi connectivity index (χ4n) is 5.74. The van der Waals surface area contributed by atoms with E-state index in [2.05, 4.69) is 138 Å². The fraction of sp³-hybridized carbons (Fsp3) is 0. The lowest BCUT2D eigenvalue weighted by Gasteiger charge is -2.13. The van der Waals surface area contributed by atoms with Crippen molar-refractivity contribution in [2.24, 2.45) is 0 Å². The number of rotatable bonds is 4. The summed E-state index contributed by atoms with van der Waals surface area (Å²) in [5, 5.41) is 4.61. The van der Waals surface area contributed by atoms with Gasteiger partial charge in [0, 0.05) is 32.3 Å². The number of nitrogens with zero attached hydrogens (tertiary/aromatic N) is 2. The summed E-state index contributed by atoms with van der Waals surface area (Å²) in [5.41, 5.74) is 8.88. The van der Waals surface area contributed by atoms with Crippen LogP contribution in [0.25, 0.3) is 75.8 Å². The van der Waals surface area contributed by atoms with Crippen LogP contribution >= 0.6 is 11.3 Å². The molecule has 0 aliphatic heterocycles. The number of fused-ring (bicyclic) bond motifs is 4. The van der Waals surface area contributed by atoms with Gasteiger partial charge in [-0.2, -0.15) is 0 Å². The number of hydrogen-bond acceptors (Lipinski definition) is 3. The largest absolute Gasteiger partial charge is 0.254 e. The van der Waals surface area contributed by atoms with Crippen LogP contribution in [0.15, 0.2) is 146 Å². The van der Waals surface area contributed by atoms with Gasteiger partial charge >= 0.3 is 0 Å². The summed E-state index contributed by atoms with van der Waals surface area (Å²) in [6.07, 6.45) is 1.84. The van der Waals surface area contributed by atoms with Crippen LogP contribution in [-0.2, 0) is 0 Å². The van der Waals surface area contributed by atoms with Crippen molar-refractivity contribution in [1.29, 1.82) is 0 Å². The van der Waals surface area contributed by atoms with Gasteiger partial charge < -0.3 is 0 Å². The van der Waals surface area contributed by atoms with Gasteiger partial charge in [0.15, 0.2) is 0 Å². The van der Waals surface area contributed by atoms with Gasteiger partial charge in [0.1, 0.15) is 0 Å². The van der Waals surface area contributed by atoms with E-state index in [1.165, 1.54) is 42.8 Å². The molecule has 8 aromatic rings. The molecule has 0 unspecified atom stereocenters. The zero-order valence-corrected chi connectivity index (χ0v) is 23.0. The molecule has 3 aromatic heterocycles. The van der Waals surface area contributed by atoms with Crippen molar-refractivity contribution < 1.29 is 0 Å². The number of aromatic nitrogens is 2. The molecule has 0 aliphatic rings. The van der Waals surface area contributed by atoms with Gasteiger partial charge in [-0.15, -0.1) is 11.3 Å². The van der Waals surface area contributed by atoms with Crippen molar-refractivity contribution in [3.05, 3.63) is 146 Å². The van der Waals surface area contributed by atoms with E-state index in [0.29, 0.717) is 0 Å². The van der Waals surface area contributed by atoms with Crippen molar-refractivity contribution in [2.75, 3.05) is 0 Å². The summed E-state index contributed by atoms with van der Waals surface area (Å²) in [6, 6.07) is 49.6. The molecule has 3 heterocycles. The lowest BCUT2D eigenvalue weighted by atomic mass is 9.92. The van der Waals surface area contributed by atoms with Gasteiger partial charge in [0.05, 0.1) is 16.7 Å². The van der Waals surface area contributed by atoms with Crippen LogP contribution in [0.5, 0.6) is 0 Å². The Bertz CT molecular complexity index is 2210. The monoisotopic (exact) mass is 540 g/mol. The highest BCUT2D eigenvalue weighted by molar-refractivity contribution is 7.18. The van der Waals surface area contributed by atoms with E-state index in [-0.39, 0.29) is 0 Å². The third-order valence-electron chi connectivity index (χ3n) is 7.75. The first kappa shape index (κ1) is 23.7. The third kappa shape index (κ3) is 4.19. The SMILES string of the molecule is c1ccc(-c2ccc(-c3cccc(-c4ccc(-c5ccc6ccc7cccnc7c6n5)c5ccccc45)c3)s2)cc1. The molecule has 0 aliphatic carbocycles. The maximum Gasteiger partial charge on any atom is 0.0972 e. The van der Waals surface area contributed by atoms with E-state index in [1.807, 2.05) is 23.6 Å². The van der Waals surface area contributed by atoms with Gasteiger partial charge in [-0.05, 0) is 63.4 Å². The average Bonchev–Trinajstić information content (AvgIpc) is 3.55. The highest BCUT2D eigenvalue weighted by atomic mass is 32.1. The molecule has 0 saturated carbocycles. The van der Waals surface area contributed by atoms with Crippen molar-refractivity contribution >= 4 is 43.9 Å². The zero-order valence-electron chi connectivity index (χ0n) is 22.2. The molecule has 192 valence electrons. The Labute approximate surface area is 242 Å². The van der Waals surface area contributed by atoms with Crippen LogP contribution in [0.4, 0.5) is 0 Å². The molecule has 5 aromatic carbocycles. The Morgan fingerprint density at radius 3 is 1.95 bits per heavy atom.